The Morgan fingerprint density at radius 1 is 1.21 bits per heavy atom. The Hall–Kier alpha value is -1.41. The van der Waals surface area contributed by atoms with Crippen LogP contribution in [0.15, 0.2) is 30.3 Å². The van der Waals surface area contributed by atoms with Gasteiger partial charge in [0.2, 0.25) is 0 Å². The van der Waals surface area contributed by atoms with Crippen LogP contribution in [0.1, 0.15) is 37.9 Å². The Labute approximate surface area is 115 Å². The molecule has 0 bridgehead atoms. The van der Waals surface area contributed by atoms with Gasteiger partial charge in [-0.25, -0.2) is 0 Å². The van der Waals surface area contributed by atoms with Crippen molar-refractivity contribution in [1.29, 1.82) is 0 Å². The minimum atomic E-state index is 0.152. The molecule has 1 aliphatic heterocycles. The van der Waals surface area contributed by atoms with Gasteiger partial charge in [-0.05, 0) is 56.0 Å². The third-order valence-electron chi connectivity index (χ3n) is 4.52. The van der Waals surface area contributed by atoms with Crippen molar-refractivity contribution in [3.63, 3.8) is 0 Å². The monoisotopic (exact) mass is 254 g/mol. The maximum absolute atomic E-state index is 4.59. The highest BCUT2D eigenvalue weighted by atomic mass is 15.0. The maximum atomic E-state index is 4.59. The van der Waals surface area contributed by atoms with E-state index in [2.05, 4.69) is 54.5 Å². The quantitative estimate of drug-likeness (QED) is 0.882. The van der Waals surface area contributed by atoms with E-state index in [1.54, 1.807) is 0 Å². The molecule has 1 atom stereocenters. The summed E-state index contributed by atoms with van der Waals surface area (Å²) in [6.45, 7) is 7.80. The van der Waals surface area contributed by atoms with Gasteiger partial charge in [0.05, 0.1) is 5.52 Å². The number of nitrogens with one attached hydrogen (secondary N) is 1. The molecule has 0 spiro atoms. The molecule has 1 unspecified atom stereocenters. The van der Waals surface area contributed by atoms with Crippen molar-refractivity contribution in [1.82, 2.24) is 10.3 Å². The topological polar surface area (TPSA) is 24.9 Å². The van der Waals surface area contributed by atoms with Crippen LogP contribution in [0.3, 0.4) is 0 Å². The molecule has 1 N–H and O–H groups in total. The van der Waals surface area contributed by atoms with Crippen LogP contribution < -0.4 is 5.32 Å². The fourth-order valence-electron chi connectivity index (χ4n) is 3.34. The Bertz CT molecular complexity index is 595. The molecule has 2 heterocycles. The van der Waals surface area contributed by atoms with E-state index >= 15 is 0 Å². The number of benzene rings is 1. The SMILES string of the molecule is Cc1ccc2cc(C3(C(C)C)CCCN3)ccc2n1. The smallest absolute Gasteiger partial charge is 0.0705 e. The molecule has 0 amide bonds. The second-order valence-electron chi connectivity index (χ2n) is 6.02. The first-order chi connectivity index (χ1) is 9.12. The zero-order valence-corrected chi connectivity index (χ0v) is 12.0. The van der Waals surface area contributed by atoms with Crippen molar-refractivity contribution >= 4 is 10.9 Å². The van der Waals surface area contributed by atoms with Gasteiger partial charge < -0.3 is 5.32 Å². The van der Waals surface area contributed by atoms with Crippen molar-refractivity contribution in [2.45, 2.75) is 39.2 Å². The van der Waals surface area contributed by atoms with Crippen LogP contribution in [0.4, 0.5) is 0 Å². The van der Waals surface area contributed by atoms with Crippen LogP contribution in [0, 0.1) is 12.8 Å². The molecular weight excluding hydrogens is 232 g/mol. The number of rotatable bonds is 2. The summed E-state index contributed by atoms with van der Waals surface area (Å²) in [5.74, 6) is 0.603. The molecule has 2 heteroatoms. The minimum absolute atomic E-state index is 0.152. The van der Waals surface area contributed by atoms with Crippen LogP contribution in [0.25, 0.3) is 10.9 Å². The molecule has 19 heavy (non-hydrogen) atoms. The number of aromatic nitrogens is 1. The fraction of sp³-hybridized carbons (Fsp3) is 0.471. The van der Waals surface area contributed by atoms with Crippen molar-refractivity contribution < 1.29 is 0 Å². The fourth-order valence-corrected chi connectivity index (χ4v) is 3.34. The average molecular weight is 254 g/mol. The molecule has 2 aromatic rings. The highest BCUT2D eigenvalue weighted by Crippen LogP contribution is 2.38. The summed E-state index contributed by atoms with van der Waals surface area (Å²) in [4.78, 5) is 4.59. The average Bonchev–Trinajstić information content (AvgIpc) is 2.88. The number of hydrogen-bond donors (Lipinski definition) is 1. The van der Waals surface area contributed by atoms with Gasteiger partial charge in [-0.1, -0.05) is 26.0 Å². The normalized spacial score (nSPS) is 23.4. The molecule has 3 rings (SSSR count). The molecule has 1 saturated heterocycles. The Morgan fingerprint density at radius 2 is 2.05 bits per heavy atom. The molecule has 2 nitrogen and oxygen atoms in total. The standard InChI is InChI=1S/C17H22N2/c1-12(2)17(9-4-10-18-17)15-7-8-16-14(11-15)6-5-13(3)19-16/h5-8,11-12,18H,4,9-10H2,1-3H3. The molecule has 1 aromatic heterocycles. The Morgan fingerprint density at radius 3 is 2.74 bits per heavy atom. The summed E-state index contributed by atoms with van der Waals surface area (Å²) in [7, 11) is 0. The van der Waals surface area contributed by atoms with Crippen LogP contribution in [0.5, 0.6) is 0 Å². The van der Waals surface area contributed by atoms with Gasteiger partial charge in [0, 0.05) is 16.6 Å². The molecule has 0 aliphatic carbocycles. The lowest BCUT2D eigenvalue weighted by Crippen LogP contribution is -2.41. The number of pyridine rings is 1. The van der Waals surface area contributed by atoms with Gasteiger partial charge in [-0.2, -0.15) is 0 Å². The van der Waals surface area contributed by atoms with Crippen molar-refractivity contribution in [3.8, 4) is 0 Å². The number of fused-ring (bicyclic) bond motifs is 1. The maximum Gasteiger partial charge on any atom is 0.0705 e. The first kappa shape index (κ1) is 12.6. The zero-order chi connectivity index (χ0) is 13.5. The predicted molar refractivity (Wildman–Crippen MR) is 80.2 cm³/mol. The van der Waals surface area contributed by atoms with Crippen molar-refractivity contribution in [2.75, 3.05) is 6.54 Å². The molecule has 1 fully saturated rings. The molecule has 0 saturated carbocycles. The van der Waals surface area contributed by atoms with E-state index in [0.29, 0.717) is 5.92 Å². The van der Waals surface area contributed by atoms with Crippen LogP contribution in [-0.4, -0.2) is 11.5 Å². The molecule has 0 radical (unpaired) electrons. The van der Waals surface area contributed by atoms with Gasteiger partial charge >= 0.3 is 0 Å². The summed E-state index contributed by atoms with van der Waals surface area (Å²) in [5, 5.41) is 4.99. The van der Waals surface area contributed by atoms with Gasteiger partial charge in [-0.15, -0.1) is 0 Å². The van der Waals surface area contributed by atoms with Gasteiger partial charge in [0.1, 0.15) is 0 Å². The highest BCUT2D eigenvalue weighted by molar-refractivity contribution is 5.79. The lowest BCUT2D eigenvalue weighted by Gasteiger charge is -2.34. The lowest BCUT2D eigenvalue weighted by molar-refractivity contribution is 0.277. The summed E-state index contributed by atoms with van der Waals surface area (Å²) >= 11 is 0. The summed E-state index contributed by atoms with van der Waals surface area (Å²) < 4.78 is 0. The van der Waals surface area contributed by atoms with Gasteiger partial charge in [-0.3, -0.25) is 4.98 Å². The van der Waals surface area contributed by atoms with Crippen LogP contribution in [-0.2, 0) is 5.54 Å². The van der Waals surface area contributed by atoms with E-state index in [-0.39, 0.29) is 5.54 Å². The predicted octanol–water partition coefficient (Wildman–Crippen LogP) is 3.78. The number of hydrogen-bond acceptors (Lipinski definition) is 2. The first-order valence-corrected chi connectivity index (χ1v) is 7.25. The van der Waals surface area contributed by atoms with Crippen molar-refractivity contribution in [2.24, 2.45) is 5.92 Å². The second-order valence-corrected chi connectivity index (χ2v) is 6.02. The molecule has 1 aliphatic rings. The molecular formula is C17H22N2. The molecule has 1 aromatic carbocycles. The van der Waals surface area contributed by atoms with E-state index in [1.165, 1.54) is 23.8 Å². The third-order valence-corrected chi connectivity index (χ3v) is 4.52. The van der Waals surface area contributed by atoms with E-state index in [9.17, 15) is 0 Å². The van der Waals surface area contributed by atoms with Crippen LogP contribution >= 0.6 is 0 Å². The van der Waals surface area contributed by atoms with Crippen LogP contribution in [0.2, 0.25) is 0 Å². The summed E-state index contributed by atoms with van der Waals surface area (Å²) in [6, 6.07) is 11.0. The Kier molecular flexibility index (Phi) is 3.06. The zero-order valence-electron chi connectivity index (χ0n) is 12.0. The van der Waals surface area contributed by atoms with E-state index < -0.39 is 0 Å². The Balaban J connectivity index is 2.12. The lowest BCUT2D eigenvalue weighted by atomic mass is 9.78. The van der Waals surface area contributed by atoms with Gasteiger partial charge in [0.25, 0.3) is 0 Å². The third kappa shape index (κ3) is 2.04. The largest absolute Gasteiger partial charge is 0.307 e. The van der Waals surface area contributed by atoms with E-state index in [1.807, 2.05) is 6.92 Å². The van der Waals surface area contributed by atoms with E-state index in [4.69, 9.17) is 0 Å². The minimum Gasteiger partial charge on any atom is -0.307 e. The second kappa shape index (κ2) is 4.61. The summed E-state index contributed by atoms with van der Waals surface area (Å²) in [6.07, 6.45) is 2.50. The number of nitrogens with zero attached hydrogens (tertiary/aromatic N) is 1. The van der Waals surface area contributed by atoms with Crippen molar-refractivity contribution in [3.05, 3.63) is 41.6 Å². The molecule has 100 valence electrons. The van der Waals surface area contributed by atoms with Gasteiger partial charge in [0.15, 0.2) is 0 Å². The first-order valence-electron chi connectivity index (χ1n) is 7.25. The summed E-state index contributed by atoms with van der Waals surface area (Å²) in [5.41, 5.74) is 3.75. The number of aryl methyl sites for hydroxylation is 1. The highest BCUT2D eigenvalue weighted by Gasteiger charge is 2.38. The van der Waals surface area contributed by atoms with E-state index in [0.717, 1.165) is 17.8 Å².